The van der Waals surface area contributed by atoms with Gasteiger partial charge in [-0.25, -0.2) is 9.13 Å². The molecular weight excluding hydrogens is 1360 g/mol. The fourth-order valence-electron chi connectivity index (χ4n) is 10.1. The molecule has 0 radical (unpaired) electrons. The lowest BCUT2D eigenvalue weighted by molar-refractivity contribution is -0.161. The number of aliphatic hydroxyl groups excluding tert-OH is 2. The van der Waals surface area contributed by atoms with Gasteiger partial charge in [0.2, 0.25) is 0 Å². The fourth-order valence-corrected chi connectivity index (χ4v) is 11.7. The van der Waals surface area contributed by atoms with Crippen LogP contribution in [-0.2, 0) is 55.8 Å². The van der Waals surface area contributed by atoms with Gasteiger partial charge in [-0.3, -0.25) is 32.5 Å². The minimum absolute atomic E-state index is 0.0539. The Kier molecular flexibility index (Phi) is 74.3. The first-order valence-electron chi connectivity index (χ1n) is 40.1. The van der Waals surface area contributed by atoms with Crippen molar-refractivity contribution in [3.8, 4) is 0 Å². The zero-order valence-electron chi connectivity index (χ0n) is 65.1. The van der Waals surface area contributed by atoms with Crippen LogP contribution in [0.15, 0.2) is 182 Å². The molecular formula is C87H142O16P2. The number of phosphoric ester groups is 2. The van der Waals surface area contributed by atoms with Crippen LogP contribution in [0.5, 0.6) is 0 Å². The number of carbonyl (C=O) groups is 3. The van der Waals surface area contributed by atoms with Crippen molar-refractivity contribution in [2.75, 3.05) is 39.6 Å². The predicted molar refractivity (Wildman–Crippen MR) is 435 cm³/mol. The van der Waals surface area contributed by atoms with E-state index in [1.165, 1.54) is 57.8 Å². The Morgan fingerprint density at radius 1 is 0.267 bits per heavy atom. The van der Waals surface area contributed by atoms with Gasteiger partial charge in [0, 0.05) is 19.3 Å². The van der Waals surface area contributed by atoms with Gasteiger partial charge in [0.1, 0.15) is 25.4 Å². The highest BCUT2D eigenvalue weighted by molar-refractivity contribution is 7.47. The quantitative estimate of drug-likeness (QED) is 0.0146. The maximum Gasteiger partial charge on any atom is 0.472 e. The van der Waals surface area contributed by atoms with Crippen molar-refractivity contribution in [1.29, 1.82) is 0 Å². The molecule has 5 unspecified atom stereocenters. The number of carbonyl (C=O) groups excluding carboxylic acids is 3. The van der Waals surface area contributed by atoms with Crippen molar-refractivity contribution >= 4 is 33.6 Å². The molecule has 0 aliphatic rings. The monoisotopic (exact) mass is 1500 g/mol. The summed E-state index contributed by atoms with van der Waals surface area (Å²) in [5.41, 5.74) is 0. The summed E-state index contributed by atoms with van der Waals surface area (Å²) >= 11 is 0. The Hall–Kier alpha value is -5.35. The molecule has 0 saturated carbocycles. The lowest BCUT2D eigenvalue weighted by atomic mass is 10.0. The van der Waals surface area contributed by atoms with Crippen LogP contribution in [0.3, 0.4) is 0 Å². The minimum atomic E-state index is -4.95. The molecule has 0 bridgehead atoms. The SMILES string of the molecule is CC/C=C\C/C=C\C/C=C\C/C=C\C/C=C\CCCCCCCCCCCCCCCC(=O)OCC(O)COP(=O)(O)OCC(O)COP(=O)(O)OCC(COC(=O)CCCCCCC/C=C\C/C=C\C/C=C\C/C=C\C/C=C\CC)OC(=O)CCCCC/C=C\C/C=C\C/C=C\C/C=C\C/C=C\CC. The molecule has 0 spiro atoms. The normalized spacial score (nSPS) is 14.9. The molecule has 0 aromatic carbocycles. The van der Waals surface area contributed by atoms with E-state index in [-0.39, 0.29) is 19.3 Å². The first kappa shape index (κ1) is 99.7. The van der Waals surface area contributed by atoms with Gasteiger partial charge in [-0.1, -0.05) is 299 Å². The van der Waals surface area contributed by atoms with Crippen LogP contribution in [0.2, 0.25) is 0 Å². The van der Waals surface area contributed by atoms with Gasteiger partial charge in [-0.2, -0.15) is 0 Å². The predicted octanol–water partition coefficient (Wildman–Crippen LogP) is 23.8. The van der Waals surface area contributed by atoms with E-state index in [0.29, 0.717) is 19.3 Å². The van der Waals surface area contributed by atoms with E-state index < -0.39 is 91.5 Å². The molecule has 0 rings (SSSR count). The van der Waals surface area contributed by atoms with E-state index in [4.69, 9.17) is 32.3 Å². The van der Waals surface area contributed by atoms with Crippen LogP contribution in [0.25, 0.3) is 0 Å². The van der Waals surface area contributed by atoms with Crippen molar-refractivity contribution in [2.45, 2.75) is 309 Å². The van der Waals surface area contributed by atoms with Crippen LogP contribution in [0.1, 0.15) is 290 Å². The Morgan fingerprint density at radius 2 is 0.476 bits per heavy atom. The van der Waals surface area contributed by atoms with Gasteiger partial charge in [0.15, 0.2) is 6.10 Å². The molecule has 16 nitrogen and oxygen atoms in total. The number of unbranched alkanes of at least 4 members (excludes halogenated alkanes) is 21. The lowest BCUT2D eigenvalue weighted by Crippen LogP contribution is -2.30. The molecule has 0 saturated heterocycles. The highest BCUT2D eigenvalue weighted by Crippen LogP contribution is 2.45. The van der Waals surface area contributed by atoms with E-state index in [1.54, 1.807) is 0 Å². The highest BCUT2D eigenvalue weighted by atomic mass is 31.2. The van der Waals surface area contributed by atoms with E-state index >= 15 is 0 Å². The molecule has 18 heteroatoms. The maximum absolute atomic E-state index is 13.0. The zero-order valence-corrected chi connectivity index (χ0v) is 66.9. The third-order valence-electron chi connectivity index (χ3n) is 16.1. The van der Waals surface area contributed by atoms with Crippen molar-refractivity contribution in [3.05, 3.63) is 182 Å². The number of rotatable bonds is 74. The second kappa shape index (κ2) is 78.2. The highest BCUT2D eigenvalue weighted by Gasteiger charge is 2.29. The molecule has 596 valence electrons. The van der Waals surface area contributed by atoms with Crippen LogP contribution in [0, 0.1) is 0 Å². The van der Waals surface area contributed by atoms with Crippen molar-refractivity contribution in [3.63, 3.8) is 0 Å². The second-order valence-corrected chi connectivity index (χ2v) is 29.0. The molecule has 4 N–H and O–H groups in total. The number of allylic oxidation sites excluding steroid dienone is 30. The summed E-state index contributed by atoms with van der Waals surface area (Å²) < 4.78 is 61.2. The number of esters is 3. The largest absolute Gasteiger partial charge is 0.472 e. The van der Waals surface area contributed by atoms with Crippen LogP contribution >= 0.6 is 15.6 Å². The summed E-state index contributed by atoms with van der Waals surface area (Å²) in [6.45, 7) is 2.26. The number of phosphoric acid groups is 2. The van der Waals surface area contributed by atoms with E-state index in [1.807, 2.05) is 0 Å². The molecule has 0 aromatic rings. The molecule has 105 heavy (non-hydrogen) atoms. The third kappa shape index (κ3) is 79.5. The molecule has 0 aromatic heterocycles. The molecule has 0 fully saturated rings. The third-order valence-corrected chi connectivity index (χ3v) is 18.0. The number of hydrogen-bond donors (Lipinski definition) is 4. The standard InChI is InChI=1S/C87H142O16P2/c1-4-7-10-13-16-19-22-25-28-31-34-36-37-38-39-40-41-42-43-45-48-49-52-55-58-61-64-67-70-73-85(90)97-76-82(88)77-99-104(93,94)100-78-83(89)79-101-105(95,96)102-81-84(103-87(92)75-72-69-66-63-60-57-54-51-46-33-30-27-24-21-18-15-12-9-6-3)80-98-86(91)74-71-68-65-62-59-56-53-50-47-44-35-32-29-26-23-20-17-14-11-8-5-2/h7-12,16-21,25-30,34-36,38-39,44,46,50-51,53,57,60,82-84,88-89H,4-6,13-15,22-24,31-33,37,40-43,45,47-49,52,54-56,58-59,61-81H2,1-3H3,(H,93,94)(H,95,96)/b10-7-,11-8-,12-9-,19-16-,20-17-,21-18-,28-25-,29-26-,30-27-,36-34-,39-38-,44-35-,51-46-,53-50-,60-57-. The van der Waals surface area contributed by atoms with Crippen LogP contribution < -0.4 is 0 Å². The fraction of sp³-hybridized carbons (Fsp3) is 0.621. The first-order valence-corrected chi connectivity index (χ1v) is 43.1. The molecule has 0 aliphatic heterocycles. The van der Waals surface area contributed by atoms with Crippen molar-refractivity contribution in [1.82, 2.24) is 0 Å². The van der Waals surface area contributed by atoms with Gasteiger partial charge >= 0.3 is 33.6 Å². The summed E-state index contributed by atoms with van der Waals surface area (Å²) in [6, 6.07) is 0. The molecule has 5 atom stereocenters. The molecule has 0 aliphatic carbocycles. The van der Waals surface area contributed by atoms with Crippen LogP contribution in [-0.4, -0.2) is 95.9 Å². The Morgan fingerprint density at radius 3 is 0.762 bits per heavy atom. The molecule has 0 amide bonds. The smallest absolute Gasteiger partial charge is 0.463 e. The van der Waals surface area contributed by atoms with Crippen molar-refractivity contribution in [2.24, 2.45) is 0 Å². The summed E-state index contributed by atoms with van der Waals surface area (Å²) in [4.78, 5) is 58.7. The van der Waals surface area contributed by atoms with E-state index in [0.717, 1.165) is 173 Å². The average Bonchev–Trinajstić information content (AvgIpc) is 0.911. The van der Waals surface area contributed by atoms with Gasteiger partial charge in [0.05, 0.1) is 26.4 Å². The Bertz CT molecular complexity index is 2640. The summed E-state index contributed by atoms with van der Waals surface area (Å²) in [7, 11) is -9.82. The van der Waals surface area contributed by atoms with Crippen LogP contribution in [0.4, 0.5) is 0 Å². The van der Waals surface area contributed by atoms with Gasteiger partial charge in [-0.05, 0) is 154 Å². The van der Waals surface area contributed by atoms with E-state index in [9.17, 15) is 43.5 Å². The van der Waals surface area contributed by atoms with Gasteiger partial charge < -0.3 is 34.2 Å². The van der Waals surface area contributed by atoms with Gasteiger partial charge in [0.25, 0.3) is 0 Å². The maximum atomic E-state index is 13.0. The Balaban J connectivity index is 4.64. The number of aliphatic hydroxyl groups is 2. The lowest BCUT2D eigenvalue weighted by Gasteiger charge is -2.21. The van der Waals surface area contributed by atoms with Gasteiger partial charge in [-0.15, -0.1) is 0 Å². The topological polar surface area (TPSA) is 231 Å². The Labute approximate surface area is 636 Å². The van der Waals surface area contributed by atoms with E-state index in [2.05, 4.69) is 203 Å². The zero-order chi connectivity index (χ0) is 76.6. The average molecular weight is 1510 g/mol. The summed E-state index contributed by atoms with van der Waals surface area (Å²) in [5, 5.41) is 20.7. The summed E-state index contributed by atoms with van der Waals surface area (Å²) in [6.07, 6.45) is 101. The first-order chi connectivity index (χ1) is 51.2. The van der Waals surface area contributed by atoms with Crippen molar-refractivity contribution < 1.29 is 75.8 Å². The summed E-state index contributed by atoms with van der Waals surface area (Å²) in [5.74, 6) is -1.65. The number of ether oxygens (including phenoxy) is 3. The molecule has 0 heterocycles. The minimum Gasteiger partial charge on any atom is -0.463 e. The number of hydrogen-bond acceptors (Lipinski definition) is 14. The second-order valence-electron chi connectivity index (χ2n) is 26.1.